The van der Waals surface area contributed by atoms with Crippen LogP contribution in [0.2, 0.25) is 0 Å². The molecular formula is C18H33N3O. The highest BCUT2D eigenvalue weighted by Gasteiger charge is 2.09. The molecule has 2 N–H and O–H groups in total. The predicted molar refractivity (Wildman–Crippen MR) is 92.7 cm³/mol. The molecule has 0 aromatic carbocycles. The highest BCUT2D eigenvalue weighted by Crippen LogP contribution is 2.16. The normalized spacial score (nSPS) is 10.9. The van der Waals surface area contributed by atoms with Gasteiger partial charge in [0.2, 0.25) is 0 Å². The number of aryl methyl sites for hydroxylation is 1. The molecule has 1 heterocycles. The number of anilines is 1. The van der Waals surface area contributed by atoms with Crippen molar-refractivity contribution in [1.82, 2.24) is 4.73 Å². The van der Waals surface area contributed by atoms with Crippen molar-refractivity contribution in [3.8, 4) is 0 Å². The SMILES string of the molecule is CCCCCCN(CCCCCC)c1cc(C)n(O)c(=N)c1. The molecule has 0 saturated heterocycles. The number of pyridine rings is 1. The first-order valence-corrected chi connectivity index (χ1v) is 8.82. The van der Waals surface area contributed by atoms with Crippen LogP contribution in [0.25, 0.3) is 0 Å². The lowest BCUT2D eigenvalue weighted by Gasteiger charge is -2.25. The maximum absolute atomic E-state index is 9.72. The second-order valence-electron chi connectivity index (χ2n) is 6.16. The first-order valence-electron chi connectivity index (χ1n) is 8.82. The Kier molecular flexibility index (Phi) is 8.71. The van der Waals surface area contributed by atoms with E-state index in [1.165, 1.54) is 51.4 Å². The molecule has 0 unspecified atom stereocenters. The second-order valence-corrected chi connectivity index (χ2v) is 6.16. The first kappa shape index (κ1) is 18.6. The standard InChI is InChI=1S/C18H33N3O/c1-4-6-8-10-12-20(13-11-9-7-5-2)17-14-16(3)21(22)18(19)15-17/h14-15,19,22H,4-13H2,1-3H3. The van der Waals surface area contributed by atoms with Crippen molar-refractivity contribution in [2.75, 3.05) is 18.0 Å². The monoisotopic (exact) mass is 307 g/mol. The van der Waals surface area contributed by atoms with Crippen molar-refractivity contribution in [2.45, 2.75) is 72.1 Å². The van der Waals surface area contributed by atoms with E-state index >= 15 is 0 Å². The summed E-state index contributed by atoms with van der Waals surface area (Å²) in [5, 5.41) is 17.6. The molecule has 22 heavy (non-hydrogen) atoms. The Morgan fingerprint density at radius 3 is 1.95 bits per heavy atom. The highest BCUT2D eigenvalue weighted by molar-refractivity contribution is 5.46. The van der Waals surface area contributed by atoms with E-state index in [1.54, 1.807) is 6.07 Å². The number of aromatic nitrogens is 1. The molecule has 0 aliphatic rings. The third-order valence-electron chi connectivity index (χ3n) is 4.13. The number of hydrogen-bond acceptors (Lipinski definition) is 3. The largest absolute Gasteiger partial charge is 0.427 e. The third-order valence-corrected chi connectivity index (χ3v) is 4.13. The number of nitrogens with one attached hydrogen (secondary N) is 1. The number of unbranched alkanes of at least 4 members (excludes halogenated alkanes) is 6. The minimum absolute atomic E-state index is 0.155. The highest BCUT2D eigenvalue weighted by atomic mass is 16.5. The topological polar surface area (TPSA) is 52.2 Å². The molecule has 1 aromatic heterocycles. The van der Waals surface area contributed by atoms with Crippen molar-refractivity contribution in [2.24, 2.45) is 0 Å². The summed E-state index contributed by atoms with van der Waals surface area (Å²) in [4.78, 5) is 2.39. The lowest BCUT2D eigenvalue weighted by atomic mass is 10.1. The average molecular weight is 307 g/mol. The van der Waals surface area contributed by atoms with Gasteiger partial charge in [-0.15, -0.1) is 0 Å². The Balaban J connectivity index is 2.72. The number of hydrogen-bond donors (Lipinski definition) is 2. The average Bonchev–Trinajstić information content (AvgIpc) is 2.50. The van der Waals surface area contributed by atoms with Gasteiger partial charge in [-0.1, -0.05) is 52.4 Å². The summed E-state index contributed by atoms with van der Waals surface area (Å²) in [6.07, 6.45) is 10.0. The Morgan fingerprint density at radius 1 is 0.955 bits per heavy atom. The van der Waals surface area contributed by atoms with E-state index in [0.29, 0.717) is 0 Å². The van der Waals surface area contributed by atoms with Gasteiger partial charge in [0.25, 0.3) is 0 Å². The molecule has 0 amide bonds. The fourth-order valence-electron chi connectivity index (χ4n) is 2.72. The molecule has 0 atom stereocenters. The fourth-order valence-corrected chi connectivity index (χ4v) is 2.72. The van der Waals surface area contributed by atoms with Crippen LogP contribution in [0.5, 0.6) is 0 Å². The van der Waals surface area contributed by atoms with Gasteiger partial charge in [-0.2, -0.15) is 4.73 Å². The molecule has 4 nitrogen and oxygen atoms in total. The van der Waals surface area contributed by atoms with Crippen molar-refractivity contribution < 1.29 is 5.21 Å². The Hall–Kier alpha value is -1.45. The van der Waals surface area contributed by atoms with E-state index in [9.17, 15) is 5.21 Å². The van der Waals surface area contributed by atoms with Crippen molar-refractivity contribution in [1.29, 1.82) is 5.41 Å². The molecule has 0 saturated carbocycles. The van der Waals surface area contributed by atoms with Crippen LogP contribution in [0.15, 0.2) is 12.1 Å². The zero-order chi connectivity index (χ0) is 16.4. The number of rotatable bonds is 11. The van der Waals surface area contributed by atoms with E-state index in [1.807, 2.05) is 13.0 Å². The van der Waals surface area contributed by atoms with E-state index in [-0.39, 0.29) is 5.49 Å². The summed E-state index contributed by atoms with van der Waals surface area (Å²) in [6, 6.07) is 3.75. The molecule has 0 fully saturated rings. The second kappa shape index (κ2) is 10.3. The van der Waals surface area contributed by atoms with Crippen molar-refractivity contribution >= 4 is 5.69 Å². The van der Waals surface area contributed by atoms with Crippen LogP contribution in [0, 0.1) is 12.3 Å². The Morgan fingerprint density at radius 2 is 1.50 bits per heavy atom. The van der Waals surface area contributed by atoms with Crippen LogP contribution in [0.3, 0.4) is 0 Å². The zero-order valence-corrected chi connectivity index (χ0v) is 14.6. The summed E-state index contributed by atoms with van der Waals surface area (Å²) < 4.78 is 0.940. The van der Waals surface area contributed by atoms with Crippen LogP contribution in [0.1, 0.15) is 70.9 Å². The molecule has 1 rings (SSSR count). The van der Waals surface area contributed by atoms with Gasteiger partial charge >= 0.3 is 0 Å². The van der Waals surface area contributed by atoms with Crippen LogP contribution in [-0.4, -0.2) is 23.0 Å². The molecular weight excluding hydrogens is 274 g/mol. The van der Waals surface area contributed by atoms with Gasteiger partial charge in [-0.3, -0.25) is 5.41 Å². The molecule has 0 aliphatic heterocycles. The predicted octanol–water partition coefficient (Wildman–Crippen LogP) is 4.48. The minimum Gasteiger partial charge on any atom is -0.427 e. The Labute approximate surface area is 135 Å². The summed E-state index contributed by atoms with van der Waals surface area (Å²) in [7, 11) is 0. The van der Waals surface area contributed by atoms with Crippen molar-refractivity contribution in [3.05, 3.63) is 23.3 Å². The molecule has 126 valence electrons. The van der Waals surface area contributed by atoms with E-state index in [0.717, 1.165) is 29.2 Å². The maximum Gasteiger partial charge on any atom is 0.162 e. The van der Waals surface area contributed by atoms with Crippen LogP contribution >= 0.6 is 0 Å². The molecule has 0 spiro atoms. The van der Waals surface area contributed by atoms with Gasteiger partial charge in [-0.05, 0) is 25.8 Å². The van der Waals surface area contributed by atoms with Crippen molar-refractivity contribution in [3.63, 3.8) is 0 Å². The summed E-state index contributed by atoms with van der Waals surface area (Å²) in [5.74, 6) is 0. The van der Waals surface area contributed by atoms with Crippen LogP contribution in [0.4, 0.5) is 5.69 Å². The molecule has 4 heteroatoms. The van der Waals surface area contributed by atoms with Gasteiger partial charge in [-0.25, -0.2) is 0 Å². The molecule has 1 aromatic rings. The summed E-state index contributed by atoms with van der Waals surface area (Å²) in [6.45, 7) is 8.39. The smallest absolute Gasteiger partial charge is 0.162 e. The van der Waals surface area contributed by atoms with E-state index in [2.05, 4.69) is 18.7 Å². The third kappa shape index (κ3) is 6.12. The van der Waals surface area contributed by atoms with Gasteiger partial charge in [0.15, 0.2) is 5.49 Å². The first-order chi connectivity index (χ1) is 10.6. The fraction of sp³-hybridized carbons (Fsp3) is 0.722. The maximum atomic E-state index is 9.72. The van der Waals surface area contributed by atoms with Gasteiger partial charge in [0.1, 0.15) is 0 Å². The molecule has 0 radical (unpaired) electrons. The van der Waals surface area contributed by atoms with Gasteiger partial charge in [0.05, 0.1) is 5.69 Å². The van der Waals surface area contributed by atoms with Crippen LogP contribution in [-0.2, 0) is 0 Å². The van der Waals surface area contributed by atoms with Gasteiger partial charge in [0, 0.05) is 24.8 Å². The lowest BCUT2D eigenvalue weighted by Crippen LogP contribution is -2.29. The number of nitrogens with zero attached hydrogens (tertiary/aromatic N) is 2. The van der Waals surface area contributed by atoms with Gasteiger partial charge < -0.3 is 10.1 Å². The summed E-state index contributed by atoms with van der Waals surface area (Å²) in [5.41, 5.74) is 1.94. The van der Waals surface area contributed by atoms with E-state index in [4.69, 9.17) is 5.41 Å². The Bertz CT molecular complexity index is 470. The molecule has 0 bridgehead atoms. The lowest BCUT2D eigenvalue weighted by molar-refractivity contribution is 0.164. The quantitative estimate of drug-likeness (QED) is 0.468. The zero-order valence-electron chi connectivity index (χ0n) is 14.6. The molecule has 0 aliphatic carbocycles. The van der Waals surface area contributed by atoms with E-state index < -0.39 is 0 Å². The van der Waals surface area contributed by atoms with Crippen LogP contribution < -0.4 is 10.4 Å². The summed E-state index contributed by atoms with van der Waals surface area (Å²) >= 11 is 0. The minimum atomic E-state index is 0.155.